The number of rotatable bonds is 6. The molecule has 0 saturated heterocycles. The zero-order valence-electron chi connectivity index (χ0n) is 16.4. The number of aromatic nitrogens is 1. The van der Waals surface area contributed by atoms with Crippen molar-refractivity contribution in [1.82, 2.24) is 9.29 Å². The minimum absolute atomic E-state index is 0.0847. The van der Waals surface area contributed by atoms with Gasteiger partial charge in [-0.05, 0) is 56.2 Å². The third-order valence-electron chi connectivity index (χ3n) is 4.33. The van der Waals surface area contributed by atoms with Crippen molar-refractivity contribution in [1.29, 1.82) is 5.26 Å². The van der Waals surface area contributed by atoms with E-state index in [2.05, 4.69) is 16.4 Å². The first-order chi connectivity index (χ1) is 13.1. The largest absolute Gasteiger partial charge is 0.325 e. The van der Waals surface area contributed by atoms with E-state index in [1.54, 1.807) is 0 Å². The van der Waals surface area contributed by atoms with Crippen LogP contribution in [0.4, 0.5) is 5.69 Å². The van der Waals surface area contributed by atoms with Gasteiger partial charge < -0.3 is 5.32 Å². The minimum atomic E-state index is -3.51. The summed E-state index contributed by atoms with van der Waals surface area (Å²) in [6.07, 6.45) is 0. The molecule has 0 atom stereocenters. The Hall–Kier alpha value is -2.41. The van der Waals surface area contributed by atoms with E-state index in [-0.39, 0.29) is 16.6 Å². The molecule has 1 aromatic heterocycles. The second-order valence-corrected chi connectivity index (χ2v) is 9.50. The molecule has 0 saturated carbocycles. The van der Waals surface area contributed by atoms with Crippen molar-refractivity contribution in [3.05, 3.63) is 46.6 Å². The molecule has 0 bridgehead atoms. The minimum Gasteiger partial charge on any atom is -0.325 e. The van der Waals surface area contributed by atoms with Crippen LogP contribution in [0.1, 0.15) is 22.4 Å². The van der Waals surface area contributed by atoms with Crippen LogP contribution in [0.5, 0.6) is 0 Å². The first-order valence-electron chi connectivity index (χ1n) is 8.41. The molecular weight excluding hydrogens is 396 g/mol. The highest BCUT2D eigenvalue weighted by atomic mass is 32.2. The lowest BCUT2D eigenvalue weighted by Crippen LogP contribution is -2.22. The van der Waals surface area contributed by atoms with Gasteiger partial charge in [0.1, 0.15) is 11.1 Å². The highest BCUT2D eigenvalue weighted by Gasteiger charge is 2.17. The van der Waals surface area contributed by atoms with Crippen LogP contribution in [0.25, 0.3) is 0 Å². The number of hydrogen-bond donors (Lipinski definition) is 1. The molecule has 0 fully saturated rings. The molecule has 0 aliphatic carbocycles. The van der Waals surface area contributed by atoms with Crippen LogP contribution in [0.15, 0.2) is 34.2 Å². The maximum absolute atomic E-state index is 12.2. The van der Waals surface area contributed by atoms with Gasteiger partial charge in [-0.2, -0.15) is 5.26 Å². The fourth-order valence-corrected chi connectivity index (χ4v) is 4.19. The molecule has 28 heavy (non-hydrogen) atoms. The molecular formula is C19H22N4O3S2. The lowest BCUT2D eigenvalue weighted by atomic mass is 10.1. The highest BCUT2D eigenvalue weighted by molar-refractivity contribution is 8.00. The number of aryl methyl sites for hydroxylation is 1. The molecule has 0 spiro atoms. The van der Waals surface area contributed by atoms with Crippen LogP contribution < -0.4 is 5.32 Å². The van der Waals surface area contributed by atoms with Crippen molar-refractivity contribution >= 4 is 33.4 Å². The van der Waals surface area contributed by atoms with Crippen LogP contribution >= 0.6 is 11.8 Å². The summed E-state index contributed by atoms with van der Waals surface area (Å²) < 4.78 is 25.3. The number of thioether (sulfide) groups is 1. The number of amides is 1. The number of nitriles is 1. The van der Waals surface area contributed by atoms with Gasteiger partial charge in [-0.1, -0.05) is 11.8 Å². The molecule has 0 radical (unpaired) electrons. The van der Waals surface area contributed by atoms with E-state index >= 15 is 0 Å². The molecule has 0 unspecified atom stereocenters. The number of pyridine rings is 1. The molecule has 2 aromatic rings. The van der Waals surface area contributed by atoms with Crippen LogP contribution in [0.3, 0.4) is 0 Å². The standard InChI is InChI=1S/C19H22N4O3S2/c1-12-13(2)17(10-20)19(21-14(12)3)27-11-18(24)22-15-6-8-16(9-7-15)28(25,26)23(4)5/h6-9H,11H2,1-5H3,(H,22,24). The lowest BCUT2D eigenvalue weighted by molar-refractivity contribution is -0.113. The Morgan fingerprint density at radius 2 is 1.79 bits per heavy atom. The summed E-state index contributed by atoms with van der Waals surface area (Å²) >= 11 is 1.20. The van der Waals surface area contributed by atoms with Gasteiger partial charge in [-0.3, -0.25) is 4.79 Å². The smallest absolute Gasteiger partial charge is 0.242 e. The van der Waals surface area contributed by atoms with E-state index in [1.807, 2.05) is 20.8 Å². The topological polar surface area (TPSA) is 103 Å². The van der Waals surface area contributed by atoms with Gasteiger partial charge in [0.15, 0.2) is 0 Å². The number of carbonyl (C=O) groups excluding carboxylic acids is 1. The van der Waals surface area contributed by atoms with Crippen LogP contribution in [0, 0.1) is 32.1 Å². The summed E-state index contributed by atoms with van der Waals surface area (Å²) in [5, 5.41) is 12.6. The monoisotopic (exact) mass is 418 g/mol. The highest BCUT2D eigenvalue weighted by Crippen LogP contribution is 2.26. The number of benzene rings is 1. The predicted molar refractivity (Wildman–Crippen MR) is 110 cm³/mol. The number of anilines is 1. The molecule has 1 amide bonds. The van der Waals surface area contributed by atoms with Crippen LogP contribution in [0.2, 0.25) is 0 Å². The van der Waals surface area contributed by atoms with Gasteiger partial charge in [0.2, 0.25) is 15.9 Å². The molecule has 148 valence electrons. The number of nitrogens with one attached hydrogen (secondary N) is 1. The maximum Gasteiger partial charge on any atom is 0.242 e. The Kier molecular flexibility index (Phi) is 6.82. The quantitative estimate of drug-likeness (QED) is 0.724. The van der Waals surface area contributed by atoms with E-state index in [4.69, 9.17) is 0 Å². The predicted octanol–water partition coefficient (Wildman–Crippen LogP) is 2.86. The first kappa shape index (κ1) is 21.9. The summed E-state index contributed by atoms with van der Waals surface area (Å²) in [5.74, 6) is -0.184. The Balaban J connectivity index is 2.07. The Bertz CT molecular complexity index is 1040. The molecule has 9 heteroatoms. The van der Waals surface area contributed by atoms with E-state index < -0.39 is 10.0 Å². The summed E-state index contributed by atoms with van der Waals surface area (Å²) in [4.78, 5) is 16.8. The van der Waals surface area contributed by atoms with E-state index in [0.717, 1.165) is 21.1 Å². The average molecular weight is 419 g/mol. The zero-order valence-corrected chi connectivity index (χ0v) is 18.0. The molecule has 0 aliphatic rings. The van der Waals surface area contributed by atoms with E-state index in [1.165, 1.54) is 50.1 Å². The fraction of sp³-hybridized carbons (Fsp3) is 0.316. The molecule has 1 N–H and O–H groups in total. The third kappa shape index (κ3) is 4.70. The number of hydrogen-bond acceptors (Lipinski definition) is 6. The number of sulfonamides is 1. The second-order valence-electron chi connectivity index (χ2n) is 6.39. The fourth-order valence-electron chi connectivity index (χ4n) is 2.40. The molecule has 2 rings (SSSR count). The third-order valence-corrected chi connectivity index (χ3v) is 7.14. The van der Waals surface area contributed by atoms with Gasteiger partial charge in [0.25, 0.3) is 0 Å². The normalized spacial score (nSPS) is 11.3. The Morgan fingerprint density at radius 1 is 1.18 bits per heavy atom. The maximum atomic E-state index is 12.2. The lowest BCUT2D eigenvalue weighted by Gasteiger charge is -2.12. The van der Waals surface area contributed by atoms with Crippen molar-refractivity contribution in [2.45, 2.75) is 30.7 Å². The SMILES string of the molecule is Cc1nc(SCC(=O)Nc2ccc(S(=O)(=O)N(C)C)cc2)c(C#N)c(C)c1C. The molecule has 0 aliphatic heterocycles. The van der Waals surface area contributed by atoms with Crippen LogP contribution in [-0.4, -0.2) is 43.5 Å². The first-order valence-corrected chi connectivity index (χ1v) is 10.8. The summed E-state index contributed by atoms with van der Waals surface area (Å²) in [5.41, 5.74) is 3.65. The van der Waals surface area contributed by atoms with Crippen molar-refractivity contribution in [3.8, 4) is 6.07 Å². The van der Waals surface area contributed by atoms with E-state index in [0.29, 0.717) is 16.3 Å². The Morgan fingerprint density at radius 3 is 2.32 bits per heavy atom. The Labute approximate surface area is 169 Å². The van der Waals surface area contributed by atoms with Crippen LogP contribution in [-0.2, 0) is 14.8 Å². The van der Waals surface area contributed by atoms with Crippen molar-refractivity contribution < 1.29 is 13.2 Å². The summed E-state index contributed by atoms with van der Waals surface area (Å²) in [6, 6.07) is 8.13. The van der Waals surface area contributed by atoms with Gasteiger partial charge in [-0.15, -0.1) is 0 Å². The number of carbonyl (C=O) groups is 1. The van der Waals surface area contributed by atoms with Gasteiger partial charge in [-0.25, -0.2) is 17.7 Å². The van der Waals surface area contributed by atoms with Gasteiger partial charge in [0, 0.05) is 25.5 Å². The second kappa shape index (κ2) is 8.73. The zero-order chi connectivity index (χ0) is 21.1. The van der Waals surface area contributed by atoms with E-state index in [9.17, 15) is 18.5 Å². The number of nitrogens with zero attached hydrogens (tertiary/aromatic N) is 3. The molecule has 1 aromatic carbocycles. The molecule has 7 nitrogen and oxygen atoms in total. The summed E-state index contributed by atoms with van der Waals surface area (Å²) in [7, 11) is -0.593. The molecule has 1 heterocycles. The van der Waals surface area contributed by atoms with Crippen molar-refractivity contribution in [2.24, 2.45) is 0 Å². The summed E-state index contributed by atoms with van der Waals surface area (Å²) in [6.45, 7) is 5.66. The van der Waals surface area contributed by atoms with Crippen molar-refractivity contribution in [2.75, 3.05) is 25.2 Å². The van der Waals surface area contributed by atoms with Crippen molar-refractivity contribution in [3.63, 3.8) is 0 Å². The average Bonchev–Trinajstić information content (AvgIpc) is 2.65. The van der Waals surface area contributed by atoms with Gasteiger partial charge >= 0.3 is 0 Å². The van der Waals surface area contributed by atoms with Gasteiger partial charge in [0.05, 0.1) is 16.2 Å².